The average Bonchev–Trinajstić information content (AvgIpc) is 3.16. The van der Waals surface area contributed by atoms with Crippen molar-refractivity contribution in [2.75, 3.05) is 25.1 Å². The molecule has 0 fully saturated rings. The number of hydrogen-bond acceptors (Lipinski definition) is 6. The summed E-state index contributed by atoms with van der Waals surface area (Å²) in [5.74, 6) is -0.602. The molecule has 0 saturated carbocycles. The Kier molecular flexibility index (Phi) is 5.81. The quantitative estimate of drug-likeness (QED) is 0.427. The zero-order chi connectivity index (χ0) is 22.3. The van der Waals surface area contributed by atoms with Gasteiger partial charge in [0.2, 0.25) is 0 Å². The first kappa shape index (κ1) is 22.1. The van der Waals surface area contributed by atoms with Crippen LogP contribution in [0.15, 0.2) is 29.8 Å². The maximum atomic E-state index is 12.3. The number of carbonyl (C=O) groups is 1. The van der Waals surface area contributed by atoms with E-state index in [9.17, 15) is 15.2 Å². The summed E-state index contributed by atoms with van der Waals surface area (Å²) in [4.78, 5) is 16.4. The van der Waals surface area contributed by atoms with Gasteiger partial charge < -0.3 is 14.7 Å². The number of rotatable bonds is 5. The van der Waals surface area contributed by atoms with Gasteiger partial charge in [0, 0.05) is 34.4 Å². The number of carbonyl (C=O) groups excluding carboxylic acids is 1. The molecule has 1 N–H and O–H groups in total. The lowest BCUT2D eigenvalue weighted by atomic mass is 9.82. The highest BCUT2D eigenvalue weighted by molar-refractivity contribution is 7.16. The van der Waals surface area contributed by atoms with Gasteiger partial charge in [-0.3, -0.25) is 0 Å². The van der Waals surface area contributed by atoms with Crippen molar-refractivity contribution >= 4 is 29.1 Å². The van der Waals surface area contributed by atoms with Gasteiger partial charge in [-0.25, -0.2) is 4.79 Å². The minimum Gasteiger partial charge on any atom is -0.456 e. The Labute approximate surface area is 182 Å². The van der Waals surface area contributed by atoms with Gasteiger partial charge in [0.05, 0.1) is 6.61 Å². The highest BCUT2D eigenvalue weighted by atomic mass is 32.1. The second-order valence-electron chi connectivity index (χ2n) is 9.06. The van der Waals surface area contributed by atoms with Gasteiger partial charge >= 0.3 is 5.97 Å². The molecule has 0 spiro atoms. The van der Waals surface area contributed by atoms with Crippen LogP contribution < -0.4 is 4.90 Å². The summed E-state index contributed by atoms with van der Waals surface area (Å²) < 4.78 is 5.35. The minimum absolute atomic E-state index is 0.00357. The Morgan fingerprint density at radius 2 is 2.00 bits per heavy atom. The van der Waals surface area contributed by atoms with Crippen LogP contribution in [0.3, 0.4) is 0 Å². The number of nitriles is 1. The summed E-state index contributed by atoms with van der Waals surface area (Å²) in [7, 11) is 1.97. The average molecular weight is 425 g/mol. The molecule has 0 unspecified atom stereocenters. The molecule has 1 aliphatic carbocycles. The predicted octanol–water partition coefficient (Wildman–Crippen LogP) is 4.73. The zero-order valence-electron chi connectivity index (χ0n) is 18.4. The number of ether oxygens (including phenoxy) is 1. The lowest BCUT2D eigenvalue weighted by molar-refractivity contribution is -0.149. The first-order valence-electron chi connectivity index (χ1n) is 9.94. The maximum absolute atomic E-state index is 12.3. The van der Waals surface area contributed by atoms with Crippen LogP contribution in [0.5, 0.6) is 0 Å². The summed E-state index contributed by atoms with van der Waals surface area (Å²) in [6.07, 6.45) is 1.62. The summed E-state index contributed by atoms with van der Waals surface area (Å²) in [5.41, 5.74) is 3.85. The summed E-state index contributed by atoms with van der Waals surface area (Å²) >= 11 is 1.58. The fourth-order valence-corrected chi connectivity index (χ4v) is 4.97. The number of esters is 1. The molecule has 0 aliphatic heterocycles. The van der Waals surface area contributed by atoms with E-state index in [1.807, 2.05) is 18.0 Å². The first-order chi connectivity index (χ1) is 14.0. The van der Waals surface area contributed by atoms with E-state index < -0.39 is 11.6 Å². The fraction of sp³-hybridized carbons (Fsp3) is 0.417. The number of thiophene rings is 1. The largest absolute Gasteiger partial charge is 0.456 e. The third kappa shape index (κ3) is 4.14. The second kappa shape index (κ2) is 7.90. The molecule has 0 atom stereocenters. The highest BCUT2D eigenvalue weighted by Crippen LogP contribution is 2.53. The molecule has 1 aliphatic rings. The molecule has 1 aromatic heterocycles. The number of aliphatic hydroxyl groups excluding tert-OH is 1. The normalized spacial score (nSPS) is 14.7. The van der Waals surface area contributed by atoms with Crippen molar-refractivity contribution in [1.82, 2.24) is 0 Å². The Morgan fingerprint density at radius 3 is 2.60 bits per heavy atom. The number of aliphatic hydroxyl groups is 1. The third-order valence-corrected chi connectivity index (χ3v) is 6.36. The van der Waals surface area contributed by atoms with Crippen molar-refractivity contribution in [3.63, 3.8) is 0 Å². The number of likely N-dealkylation sites (N-methyl/N-ethyl adjacent to an activating group) is 1. The molecule has 0 bridgehead atoms. The van der Waals surface area contributed by atoms with E-state index in [1.165, 1.54) is 21.6 Å². The van der Waals surface area contributed by atoms with Gasteiger partial charge in [-0.2, -0.15) is 5.26 Å². The van der Waals surface area contributed by atoms with Crippen LogP contribution in [0, 0.1) is 11.3 Å². The molecule has 1 aromatic carbocycles. The van der Waals surface area contributed by atoms with Gasteiger partial charge in [0.25, 0.3) is 0 Å². The predicted molar refractivity (Wildman–Crippen MR) is 122 cm³/mol. The molecule has 0 saturated heterocycles. The van der Waals surface area contributed by atoms with E-state index in [0.717, 1.165) is 10.6 Å². The third-order valence-electron chi connectivity index (χ3n) is 5.25. The summed E-state index contributed by atoms with van der Waals surface area (Å²) in [6.45, 7) is 10.4. The number of hydrogen-bond donors (Lipinski definition) is 1. The number of anilines is 1. The molecule has 30 heavy (non-hydrogen) atoms. The molecular formula is C24H28N2O3S. The van der Waals surface area contributed by atoms with Gasteiger partial charge in [0.15, 0.2) is 0 Å². The van der Waals surface area contributed by atoms with E-state index in [-0.39, 0.29) is 17.6 Å². The summed E-state index contributed by atoms with van der Waals surface area (Å²) in [5, 5.41) is 18.7. The van der Waals surface area contributed by atoms with E-state index in [0.29, 0.717) is 6.54 Å². The molecular weight excluding hydrogens is 396 g/mol. The lowest BCUT2D eigenvalue weighted by Gasteiger charge is -2.24. The molecule has 0 radical (unpaired) electrons. The molecule has 158 valence electrons. The van der Waals surface area contributed by atoms with Crippen LogP contribution in [0.4, 0.5) is 5.69 Å². The van der Waals surface area contributed by atoms with Crippen molar-refractivity contribution < 1.29 is 14.6 Å². The summed E-state index contributed by atoms with van der Waals surface area (Å²) in [6, 6.07) is 10.4. The van der Waals surface area contributed by atoms with Gasteiger partial charge in [-0.15, -0.1) is 11.3 Å². The minimum atomic E-state index is -0.647. The first-order valence-corrected chi connectivity index (χ1v) is 10.8. The van der Waals surface area contributed by atoms with Crippen molar-refractivity contribution in [2.45, 2.75) is 45.6 Å². The van der Waals surface area contributed by atoms with Crippen molar-refractivity contribution in [1.29, 1.82) is 5.26 Å². The zero-order valence-corrected chi connectivity index (χ0v) is 19.2. The standard InChI is InChI=1S/C24H28N2O3S/c1-23(2,3)29-22(28)15(14-25)11-17-13-20-21(30-17)18-8-7-16(26(6)9-10-27)12-19(18)24(20,4)5/h7-8,11-13,27H,9-10H2,1-6H3/b15-11+. The fourth-order valence-electron chi connectivity index (χ4n) is 3.67. The highest BCUT2D eigenvalue weighted by Gasteiger charge is 2.37. The van der Waals surface area contributed by atoms with Crippen molar-refractivity contribution in [3.05, 3.63) is 45.8 Å². The topological polar surface area (TPSA) is 73.6 Å². The molecule has 6 heteroatoms. The van der Waals surface area contributed by atoms with Gasteiger partial charge in [-0.1, -0.05) is 19.9 Å². The van der Waals surface area contributed by atoms with Crippen LogP contribution in [-0.2, 0) is 14.9 Å². The maximum Gasteiger partial charge on any atom is 0.349 e. The van der Waals surface area contributed by atoms with Crippen LogP contribution in [-0.4, -0.2) is 36.9 Å². The van der Waals surface area contributed by atoms with Gasteiger partial charge in [0.1, 0.15) is 17.2 Å². The number of benzene rings is 1. The lowest BCUT2D eigenvalue weighted by Crippen LogP contribution is -2.24. The molecule has 3 rings (SSSR count). The monoisotopic (exact) mass is 424 g/mol. The van der Waals surface area contributed by atoms with E-state index in [2.05, 4.69) is 38.1 Å². The van der Waals surface area contributed by atoms with Crippen molar-refractivity contribution in [2.24, 2.45) is 0 Å². The molecule has 5 nitrogen and oxygen atoms in total. The smallest absolute Gasteiger partial charge is 0.349 e. The number of nitrogens with zero attached hydrogens (tertiary/aromatic N) is 2. The van der Waals surface area contributed by atoms with Gasteiger partial charge in [-0.05, 0) is 61.7 Å². The van der Waals surface area contributed by atoms with E-state index >= 15 is 0 Å². The van der Waals surface area contributed by atoms with Crippen LogP contribution in [0.2, 0.25) is 0 Å². The van der Waals surface area contributed by atoms with E-state index in [1.54, 1.807) is 38.2 Å². The van der Waals surface area contributed by atoms with E-state index in [4.69, 9.17) is 4.74 Å². The van der Waals surface area contributed by atoms with Crippen LogP contribution >= 0.6 is 11.3 Å². The van der Waals surface area contributed by atoms with Crippen LogP contribution in [0.1, 0.15) is 50.6 Å². The second-order valence-corrected chi connectivity index (χ2v) is 10.1. The Bertz CT molecular complexity index is 1050. The molecule has 0 amide bonds. The molecule has 2 aromatic rings. The molecule has 1 heterocycles. The van der Waals surface area contributed by atoms with Crippen LogP contribution in [0.25, 0.3) is 16.5 Å². The number of fused-ring (bicyclic) bond motifs is 3. The van der Waals surface area contributed by atoms with Crippen molar-refractivity contribution in [3.8, 4) is 16.5 Å². The SMILES string of the molecule is CN(CCO)c1ccc2c(c1)C(C)(C)c1cc(/C=C(\C#N)C(=O)OC(C)(C)C)sc1-2. The Morgan fingerprint density at radius 1 is 1.30 bits per heavy atom. The Hall–Kier alpha value is -2.62. The Balaban J connectivity index is 1.98.